The van der Waals surface area contributed by atoms with Gasteiger partial charge in [0.25, 0.3) is 0 Å². The van der Waals surface area contributed by atoms with Crippen LogP contribution < -0.4 is 4.90 Å². The first-order valence-electron chi connectivity index (χ1n) is 9.39. The number of hydrogen-bond donors (Lipinski definition) is 0. The molecule has 4 rings (SSSR count). The van der Waals surface area contributed by atoms with E-state index in [-0.39, 0.29) is 11.8 Å². The molecule has 0 atom stereocenters. The Morgan fingerprint density at radius 2 is 1.90 bits per heavy atom. The number of aryl methyl sites for hydroxylation is 1. The summed E-state index contributed by atoms with van der Waals surface area (Å²) in [6.07, 6.45) is 0. The largest absolute Gasteiger partial charge is 0.421 e. The van der Waals surface area contributed by atoms with E-state index < -0.39 is 0 Å². The minimum atomic E-state index is -0.385. The number of rotatable bonds is 4. The van der Waals surface area contributed by atoms with Crippen LogP contribution in [0, 0.1) is 12.7 Å². The second kappa shape index (κ2) is 8.40. The SMILES string of the molecule is Cc1nnc(-c2ccc(CN(C(=O)N3CCOCC3)c3cccc(F)c3)cc2)o1. The monoisotopic (exact) mass is 396 g/mol. The molecule has 0 radical (unpaired) electrons. The first kappa shape index (κ1) is 19.1. The highest BCUT2D eigenvalue weighted by atomic mass is 19.1. The molecule has 3 aromatic rings. The van der Waals surface area contributed by atoms with Gasteiger partial charge in [0.2, 0.25) is 11.8 Å². The number of hydrogen-bond acceptors (Lipinski definition) is 5. The first-order valence-corrected chi connectivity index (χ1v) is 9.39. The third-order valence-corrected chi connectivity index (χ3v) is 4.70. The minimum absolute atomic E-state index is 0.171. The molecule has 29 heavy (non-hydrogen) atoms. The molecular formula is C21H21FN4O3. The van der Waals surface area contributed by atoms with E-state index >= 15 is 0 Å². The Balaban J connectivity index is 1.58. The molecule has 1 saturated heterocycles. The Labute approximate surface area is 167 Å². The topological polar surface area (TPSA) is 71.7 Å². The fourth-order valence-electron chi connectivity index (χ4n) is 3.19. The van der Waals surface area contributed by atoms with Crippen LogP contribution in [0.5, 0.6) is 0 Å². The van der Waals surface area contributed by atoms with Crippen molar-refractivity contribution in [3.05, 3.63) is 65.8 Å². The molecule has 0 bridgehead atoms. The molecule has 0 unspecified atom stereocenters. The maximum absolute atomic E-state index is 13.8. The number of ether oxygens (including phenoxy) is 1. The van der Waals surface area contributed by atoms with Crippen LogP contribution in [-0.2, 0) is 11.3 Å². The molecule has 7 nitrogen and oxygen atoms in total. The van der Waals surface area contributed by atoms with E-state index in [4.69, 9.17) is 9.15 Å². The van der Waals surface area contributed by atoms with Gasteiger partial charge in [0.05, 0.1) is 19.8 Å². The van der Waals surface area contributed by atoms with Crippen molar-refractivity contribution in [2.45, 2.75) is 13.5 Å². The van der Waals surface area contributed by atoms with Crippen molar-refractivity contribution in [2.75, 3.05) is 31.2 Å². The summed E-state index contributed by atoms with van der Waals surface area (Å²) in [6, 6.07) is 13.4. The molecule has 8 heteroatoms. The van der Waals surface area contributed by atoms with E-state index in [1.165, 1.54) is 12.1 Å². The number of amides is 2. The standard InChI is InChI=1S/C21H21FN4O3/c1-15-23-24-20(29-15)17-7-5-16(6-8-17)14-26(19-4-2-3-18(22)13-19)21(27)25-9-11-28-12-10-25/h2-8,13H,9-12,14H2,1H3. The van der Waals surface area contributed by atoms with Crippen LogP contribution in [0.4, 0.5) is 14.9 Å². The minimum Gasteiger partial charge on any atom is -0.421 e. The van der Waals surface area contributed by atoms with Crippen LogP contribution in [0.15, 0.2) is 52.9 Å². The highest BCUT2D eigenvalue weighted by molar-refractivity contribution is 5.92. The normalized spacial score (nSPS) is 14.1. The number of benzene rings is 2. The smallest absolute Gasteiger partial charge is 0.324 e. The second-order valence-corrected chi connectivity index (χ2v) is 6.77. The summed E-state index contributed by atoms with van der Waals surface area (Å²) in [5, 5.41) is 7.85. The average Bonchev–Trinajstić information content (AvgIpc) is 3.19. The zero-order chi connectivity index (χ0) is 20.2. The number of carbonyl (C=O) groups is 1. The molecule has 150 valence electrons. The Morgan fingerprint density at radius 3 is 2.55 bits per heavy atom. The van der Waals surface area contributed by atoms with Crippen LogP contribution in [0.25, 0.3) is 11.5 Å². The number of halogens is 1. The molecule has 1 aliphatic heterocycles. The lowest BCUT2D eigenvalue weighted by atomic mass is 10.1. The molecule has 2 aromatic carbocycles. The van der Waals surface area contributed by atoms with E-state index in [0.29, 0.717) is 50.3 Å². The van der Waals surface area contributed by atoms with E-state index in [0.717, 1.165) is 11.1 Å². The zero-order valence-electron chi connectivity index (χ0n) is 16.0. The van der Waals surface area contributed by atoms with Crippen molar-refractivity contribution < 1.29 is 18.3 Å². The van der Waals surface area contributed by atoms with Gasteiger partial charge in [-0.05, 0) is 35.9 Å². The molecule has 0 saturated carbocycles. The maximum atomic E-state index is 13.8. The Morgan fingerprint density at radius 1 is 1.14 bits per heavy atom. The van der Waals surface area contributed by atoms with Crippen LogP contribution in [-0.4, -0.2) is 47.4 Å². The Bertz CT molecular complexity index is 984. The van der Waals surface area contributed by atoms with Crippen LogP contribution >= 0.6 is 0 Å². The summed E-state index contributed by atoms with van der Waals surface area (Å²) in [7, 11) is 0. The predicted octanol–water partition coefficient (Wildman–Crippen LogP) is 3.64. The molecule has 1 fully saturated rings. The van der Waals surface area contributed by atoms with Gasteiger partial charge in [-0.2, -0.15) is 0 Å². The molecule has 0 aliphatic carbocycles. The average molecular weight is 396 g/mol. The van der Waals surface area contributed by atoms with Crippen LogP contribution in [0.1, 0.15) is 11.5 Å². The Kier molecular flexibility index (Phi) is 5.53. The summed E-state index contributed by atoms with van der Waals surface area (Å²) in [5.41, 5.74) is 2.21. The lowest BCUT2D eigenvalue weighted by Gasteiger charge is -2.33. The first-order chi connectivity index (χ1) is 14.1. The summed E-state index contributed by atoms with van der Waals surface area (Å²) >= 11 is 0. The summed E-state index contributed by atoms with van der Waals surface area (Å²) in [5.74, 6) is 0.558. The summed E-state index contributed by atoms with van der Waals surface area (Å²) in [6.45, 7) is 4.07. The third kappa shape index (κ3) is 4.43. The van der Waals surface area contributed by atoms with Crippen LogP contribution in [0.3, 0.4) is 0 Å². The number of aromatic nitrogens is 2. The lowest BCUT2D eigenvalue weighted by Crippen LogP contribution is -2.48. The number of urea groups is 1. The van der Waals surface area contributed by atoms with Gasteiger partial charge >= 0.3 is 6.03 Å². The lowest BCUT2D eigenvalue weighted by molar-refractivity contribution is 0.0548. The van der Waals surface area contributed by atoms with Crippen molar-refractivity contribution in [1.29, 1.82) is 0 Å². The number of carbonyl (C=O) groups excluding carboxylic acids is 1. The highest BCUT2D eigenvalue weighted by Gasteiger charge is 2.24. The molecule has 0 spiro atoms. The van der Waals surface area contributed by atoms with Gasteiger partial charge in [0.1, 0.15) is 5.82 Å². The second-order valence-electron chi connectivity index (χ2n) is 6.77. The quantitative estimate of drug-likeness (QED) is 0.673. The zero-order valence-corrected chi connectivity index (χ0v) is 16.0. The highest BCUT2D eigenvalue weighted by Crippen LogP contribution is 2.23. The Hall–Kier alpha value is -3.26. The molecule has 2 amide bonds. The maximum Gasteiger partial charge on any atom is 0.324 e. The van der Waals surface area contributed by atoms with E-state index in [2.05, 4.69) is 10.2 Å². The van der Waals surface area contributed by atoms with Gasteiger partial charge in [-0.15, -0.1) is 10.2 Å². The van der Waals surface area contributed by atoms with Gasteiger partial charge in [-0.25, -0.2) is 9.18 Å². The van der Waals surface area contributed by atoms with Crippen molar-refractivity contribution in [3.63, 3.8) is 0 Å². The molecule has 2 heterocycles. The van der Waals surface area contributed by atoms with Crippen LogP contribution in [0.2, 0.25) is 0 Å². The van der Waals surface area contributed by atoms with Gasteiger partial charge in [0, 0.05) is 31.3 Å². The number of nitrogens with zero attached hydrogens (tertiary/aromatic N) is 4. The molecule has 1 aliphatic rings. The number of anilines is 1. The molecular weight excluding hydrogens is 375 g/mol. The van der Waals surface area contributed by atoms with Crippen molar-refractivity contribution in [1.82, 2.24) is 15.1 Å². The van der Waals surface area contributed by atoms with E-state index in [9.17, 15) is 9.18 Å². The fraction of sp³-hybridized carbons (Fsp3) is 0.286. The predicted molar refractivity (Wildman–Crippen MR) is 105 cm³/mol. The van der Waals surface area contributed by atoms with Gasteiger partial charge in [-0.1, -0.05) is 18.2 Å². The summed E-state index contributed by atoms with van der Waals surface area (Å²) < 4.78 is 24.6. The third-order valence-electron chi connectivity index (χ3n) is 4.70. The molecule has 1 aromatic heterocycles. The van der Waals surface area contributed by atoms with E-state index in [1.807, 2.05) is 24.3 Å². The van der Waals surface area contributed by atoms with Gasteiger partial charge in [0.15, 0.2) is 0 Å². The van der Waals surface area contributed by atoms with Gasteiger partial charge in [-0.3, -0.25) is 4.90 Å². The van der Waals surface area contributed by atoms with Gasteiger partial charge < -0.3 is 14.1 Å². The molecule has 0 N–H and O–H groups in total. The summed E-state index contributed by atoms with van der Waals surface area (Å²) in [4.78, 5) is 16.5. The van der Waals surface area contributed by atoms with Crippen molar-refractivity contribution in [2.24, 2.45) is 0 Å². The van der Waals surface area contributed by atoms with Crippen molar-refractivity contribution in [3.8, 4) is 11.5 Å². The fourth-order valence-corrected chi connectivity index (χ4v) is 3.19. The van der Waals surface area contributed by atoms with Crippen molar-refractivity contribution >= 4 is 11.7 Å². The number of morpholine rings is 1. The van der Waals surface area contributed by atoms with E-state index in [1.54, 1.807) is 28.9 Å².